The van der Waals surface area contributed by atoms with Crippen molar-refractivity contribution in [1.82, 2.24) is 9.97 Å². The van der Waals surface area contributed by atoms with Crippen LogP contribution in [-0.2, 0) is 9.53 Å². The van der Waals surface area contributed by atoms with Crippen LogP contribution in [0.2, 0.25) is 0 Å². The summed E-state index contributed by atoms with van der Waals surface area (Å²) in [5.41, 5.74) is 4.55. The van der Waals surface area contributed by atoms with E-state index in [-0.39, 0.29) is 5.69 Å². The second-order valence-corrected chi connectivity index (χ2v) is 8.61. The number of aromatic nitrogens is 2. The highest BCUT2D eigenvalue weighted by Crippen LogP contribution is 2.32. The van der Waals surface area contributed by atoms with Crippen LogP contribution in [0.3, 0.4) is 0 Å². The largest absolute Gasteiger partial charge is 0.378 e. The van der Waals surface area contributed by atoms with E-state index >= 15 is 0 Å². The number of hydrogen-bond acceptors (Lipinski definition) is 7. The maximum absolute atomic E-state index is 14.5. The van der Waals surface area contributed by atoms with E-state index < -0.39 is 11.7 Å². The zero-order valence-electron chi connectivity index (χ0n) is 20.7. The van der Waals surface area contributed by atoms with E-state index in [0.29, 0.717) is 36.1 Å². The molecule has 1 saturated heterocycles. The first-order valence-corrected chi connectivity index (χ1v) is 12.2. The van der Waals surface area contributed by atoms with Crippen LogP contribution in [0.4, 0.5) is 38.8 Å². The molecule has 0 unspecified atom stereocenters. The monoisotopic (exact) mass is 510 g/mol. The maximum Gasteiger partial charge on any atom is 0.247 e. The van der Waals surface area contributed by atoms with Gasteiger partial charge in [0.15, 0.2) is 0 Å². The topological polar surface area (TPSA) is 91.4 Å². The molecule has 8 nitrogen and oxygen atoms in total. The van der Waals surface area contributed by atoms with E-state index in [1.54, 1.807) is 12.3 Å². The molecule has 3 N–H and O–H groups in total. The summed E-state index contributed by atoms with van der Waals surface area (Å²) in [5, 5.41) is 9.12. The van der Waals surface area contributed by atoms with Crippen molar-refractivity contribution in [3.8, 4) is 11.3 Å². The number of ether oxygens (including phenoxy) is 1. The third-order valence-electron chi connectivity index (χ3n) is 6.00. The SMILES string of the molecule is C=CC(=O)Nc1cc(-c2nc(Nc3cccc(N4CCOCC4)c3)ncc2Nc2ccccc2)ccc1F. The normalized spacial score (nSPS) is 13.0. The fourth-order valence-electron chi connectivity index (χ4n) is 4.11. The van der Waals surface area contributed by atoms with Gasteiger partial charge in [-0.15, -0.1) is 0 Å². The van der Waals surface area contributed by atoms with Gasteiger partial charge in [-0.1, -0.05) is 30.8 Å². The van der Waals surface area contributed by atoms with Crippen molar-refractivity contribution in [3.63, 3.8) is 0 Å². The van der Waals surface area contributed by atoms with Crippen molar-refractivity contribution in [2.45, 2.75) is 0 Å². The summed E-state index contributed by atoms with van der Waals surface area (Å²) in [5.74, 6) is -0.693. The fraction of sp³-hybridized carbons (Fsp3) is 0.138. The smallest absolute Gasteiger partial charge is 0.247 e. The van der Waals surface area contributed by atoms with Crippen LogP contribution in [-0.4, -0.2) is 42.2 Å². The number of benzene rings is 3. The van der Waals surface area contributed by atoms with Gasteiger partial charge in [-0.25, -0.2) is 14.4 Å². The molecular formula is C29H27FN6O2. The van der Waals surface area contributed by atoms with Gasteiger partial charge in [-0.05, 0) is 54.6 Å². The summed E-state index contributed by atoms with van der Waals surface area (Å²) < 4.78 is 19.9. The molecule has 3 aromatic carbocycles. The Balaban J connectivity index is 1.49. The number of para-hydroxylation sites is 1. The van der Waals surface area contributed by atoms with Crippen LogP contribution in [0.15, 0.2) is 91.6 Å². The molecule has 1 aromatic heterocycles. The summed E-state index contributed by atoms with van der Waals surface area (Å²) >= 11 is 0. The molecule has 5 rings (SSSR count). The summed E-state index contributed by atoms with van der Waals surface area (Å²) in [7, 11) is 0. The molecule has 0 spiro atoms. The number of nitrogens with one attached hydrogen (secondary N) is 3. The number of nitrogens with zero attached hydrogens (tertiary/aromatic N) is 3. The first-order chi connectivity index (χ1) is 18.6. The number of hydrogen-bond donors (Lipinski definition) is 3. The van der Waals surface area contributed by atoms with E-state index in [0.717, 1.165) is 36.2 Å². The number of rotatable bonds is 8. The van der Waals surface area contributed by atoms with E-state index in [1.807, 2.05) is 48.5 Å². The Morgan fingerprint density at radius 1 is 0.947 bits per heavy atom. The van der Waals surface area contributed by atoms with E-state index in [1.165, 1.54) is 12.1 Å². The number of halogens is 1. The van der Waals surface area contributed by atoms with Crippen molar-refractivity contribution < 1.29 is 13.9 Å². The first-order valence-electron chi connectivity index (χ1n) is 12.2. The number of amides is 1. The summed E-state index contributed by atoms with van der Waals surface area (Å²) in [6, 6.07) is 22.1. The lowest BCUT2D eigenvalue weighted by Crippen LogP contribution is -2.36. The zero-order chi connectivity index (χ0) is 26.3. The summed E-state index contributed by atoms with van der Waals surface area (Å²) in [6.45, 7) is 6.50. The van der Waals surface area contributed by atoms with Gasteiger partial charge in [0, 0.05) is 35.7 Å². The second-order valence-electron chi connectivity index (χ2n) is 8.61. The lowest BCUT2D eigenvalue weighted by molar-refractivity contribution is -0.111. The molecule has 192 valence electrons. The molecule has 0 bridgehead atoms. The molecule has 0 aliphatic carbocycles. The Morgan fingerprint density at radius 3 is 2.53 bits per heavy atom. The third kappa shape index (κ3) is 5.96. The fourth-order valence-corrected chi connectivity index (χ4v) is 4.11. The Hall–Kier alpha value is -4.76. The van der Waals surface area contributed by atoms with Crippen LogP contribution in [0.1, 0.15) is 0 Å². The average Bonchev–Trinajstić information content (AvgIpc) is 2.96. The Bertz CT molecular complexity index is 1440. The number of morpholine rings is 1. The predicted octanol–water partition coefficient (Wildman–Crippen LogP) is 5.73. The lowest BCUT2D eigenvalue weighted by atomic mass is 10.1. The Morgan fingerprint density at radius 2 is 1.74 bits per heavy atom. The van der Waals surface area contributed by atoms with Crippen molar-refractivity contribution in [2.24, 2.45) is 0 Å². The minimum atomic E-state index is -0.561. The van der Waals surface area contributed by atoms with E-state index in [2.05, 4.69) is 38.5 Å². The molecule has 1 aliphatic heterocycles. The van der Waals surface area contributed by atoms with Crippen LogP contribution in [0.25, 0.3) is 11.3 Å². The Kier molecular flexibility index (Phi) is 7.56. The zero-order valence-corrected chi connectivity index (χ0v) is 20.7. The lowest BCUT2D eigenvalue weighted by Gasteiger charge is -2.29. The predicted molar refractivity (Wildman–Crippen MR) is 149 cm³/mol. The molecule has 2 heterocycles. The molecule has 0 saturated carbocycles. The number of carbonyl (C=O) groups is 1. The molecule has 38 heavy (non-hydrogen) atoms. The van der Waals surface area contributed by atoms with Crippen molar-refractivity contribution in [1.29, 1.82) is 0 Å². The molecule has 1 aliphatic rings. The minimum Gasteiger partial charge on any atom is -0.378 e. The van der Waals surface area contributed by atoms with Crippen molar-refractivity contribution in [2.75, 3.05) is 47.2 Å². The molecule has 9 heteroatoms. The van der Waals surface area contributed by atoms with Crippen LogP contribution < -0.4 is 20.9 Å². The van der Waals surface area contributed by atoms with Crippen LogP contribution in [0, 0.1) is 5.82 Å². The summed E-state index contributed by atoms with van der Waals surface area (Å²) in [4.78, 5) is 23.4. The van der Waals surface area contributed by atoms with Crippen molar-refractivity contribution >= 4 is 40.3 Å². The third-order valence-corrected chi connectivity index (χ3v) is 6.00. The first kappa shape index (κ1) is 24.9. The molecule has 1 fully saturated rings. The van der Waals surface area contributed by atoms with Gasteiger partial charge in [-0.2, -0.15) is 0 Å². The van der Waals surface area contributed by atoms with Gasteiger partial charge in [0.1, 0.15) is 5.82 Å². The second kappa shape index (κ2) is 11.5. The standard InChI is InChI=1S/C29H27FN6O2/c1-2-27(37)34-25-17-20(11-12-24(25)30)28-26(32-21-7-4-3-5-8-21)19-31-29(35-28)33-22-9-6-10-23(18-22)36-13-15-38-16-14-36/h2-12,17-19,32H,1,13-16H2,(H,34,37)(H,31,33,35). The quantitative estimate of drug-likeness (QED) is 0.261. The van der Waals surface area contributed by atoms with Gasteiger partial charge >= 0.3 is 0 Å². The number of anilines is 6. The van der Waals surface area contributed by atoms with Crippen LogP contribution in [0.5, 0.6) is 0 Å². The molecule has 0 radical (unpaired) electrons. The Labute approximate surface area is 220 Å². The van der Waals surface area contributed by atoms with E-state index in [4.69, 9.17) is 9.72 Å². The molecule has 4 aromatic rings. The average molecular weight is 511 g/mol. The van der Waals surface area contributed by atoms with Crippen molar-refractivity contribution in [3.05, 3.63) is 97.5 Å². The van der Waals surface area contributed by atoms with Gasteiger partial charge in [0.05, 0.1) is 36.5 Å². The van der Waals surface area contributed by atoms with Crippen LogP contribution >= 0.6 is 0 Å². The van der Waals surface area contributed by atoms with Gasteiger partial charge < -0.3 is 25.6 Å². The number of carbonyl (C=O) groups excluding carboxylic acids is 1. The highest BCUT2D eigenvalue weighted by atomic mass is 19.1. The minimum absolute atomic E-state index is 0.0318. The molecule has 1 amide bonds. The highest BCUT2D eigenvalue weighted by molar-refractivity contribution is 5.99. The van der Waals surface area contributed by atoms with Gasteiger partial charge in [0.25, 0.3) is 0 Å². The van der Waals surface area contributed by atoms with E-state index in [9.17, 15) is 9.18 Å². The molecule has 0 atom stereocenters. The highest BCUT2D eigenvalue weighted by Gasteiger charge is 2.15. The maximum atomic E-state index is 14.5. The van der Waals surface area contributed by atoms with Gasteiger partial charge in [0.2, 0.25) is 11.9 Å². The summed E-state index contributed by atoms with van der Waals surface area (Å²) in [6.07, 6.45) is 2.76. The molecular weight excluding hydrogens is 483 g/mol. The van der Waals surface area contributed by atoms with Gasteiger partial charge in [-0.3, -0.25) is 4.79 Å².